The molecule has 0 saturated heterocycles. The van der Waals surface area contributed by atoms with Gasteiger partial charge in [0.1, 0.15) is 5.82 Å². The molecule has 0 N–H and O–H groups in total. The van der Waals surface area contributed by atoms with Crippen LogP contribution in [0, 0.1) is 5.82 Å². The predicted octanol–water partition coefficient (Wildman–Crippen LogP) is 4.95. The van der Waals surface area contributed by atoms with Crippen molar-refractivity contribution in [2.45, 2.75) is 6.54 Å². The molecule has 0 aliphatic heterocycles. The van der Waals surface area contributed by atoms with Crippen molar-refractivity contribution in [3.05, 3.63) is 69.6 Å². The quantitative estimate of drug-likeness (QED) is 0.626. The van der Waals surface area contributed by atoms with Crippen LogP contribution in [0.4, 0.5) is 4.39 Å². The first-order valence-corrected chi connectivity index (χ1v) is 7.02. The van der Waals surface area contributed by atoms with Gasteiger partial charge in [-0.15, -0.1) is 0 Å². The highest BCUT2D eigenvalue weighted by atomic mass is 35.5. The number of carbonyl (C=O) groups excluding carboxylic acids is 1. The first kappa shape index (κ1) is 14.1. The van der Waals surface area contributed by atoms with Crippen LogP contribution >= 0.6 is 23.2 Å². The maximum atomic E-state index is 14.0. The molecule has 0 fully saturated rings. The van der Waals surface area contributed by atoms with Gasteiger partial charge in [0, 0.05) is 27.7 Å². The summed E-state index contributed by atoms with van der Waals surface area (Å²) >= 11 is 11.8. The molecule has 0 radical (unpaired) electrons. The largest absolute Gasteiger partial charge is 0.342 e. The topological polar surface area (TPSA) is 22.0 Å². The zero-order valence-electron chi connectivity index (χ0n) is 10.8. The van der Waals surface area contributed by atoms with E-state index in [9.17, 15) is 9.18 Å². The van der Waals surface area contributed by atoms with Gasteiger partial charge in [0.05, 0.1) is 17.1 Å². The molecule has 5 heteroatoms. The molecule has 0 saturated carbocycles. The standard InChI is InChI=1S/C16H10Cl2FNO/c17-12-4-5-13-11(9-21)8-20(15(13)6-12)7-10-2-1-3-14(18)16(10)19/h1-6,8-9H,7H2. The molecule has 3 aromatic rings. The summed E-state index contributed by atoms with van der Waals surface area (Å²) in [6, 6.07) is 10.1. The number of aldehydes is 1. The Kier molecular flexibility index (Phi) is 3.70. The van der Waals surface area contributed by atoms with Crippen LogP contribution in [0.1, 0.15) is 15.9 Å². The molecule has 2 nitrogen and oxygen atoms in total. The van der Waals surface area contributed by atoms with Crippen molar-refractivity contribution in [3.63, 3.8) is 0 Å². The minimum atomic E-state index is -0.448. The van der Waals surface area contributed by atoms with Gasteiger partial charge in [0.2, 0.25) is 0 Å². The Morgan fingerprint density at radius 1 is 1.19 bits per heavy atom. The second-order valence-corrected chi connectivity index (χ2v) is 5.55. The van der Waals surface area contributed by atoms with Crippen LogP contribution in [-0.4, -0.2) is 10.9 Å². The molecule has 2 aromatic carbocycles. The number of rotatable bonds is 3. The van der Waals surface area contributed by atoms with E-state index < -0.39 is 5.82 Å². The number of aromatic nitrogens is 1. The molecule has 21 heavy (non-hydrogen) atoms. The van der Waals surface area contributed by atoms with Crippen LogP contribution in [0.25, 0.3) is 10.9 Å². The Bertz CT molecular complexity index is 842. The smallest absolute Gasteiger partial charge is 0.152 e. The Labute approximate surface area is 130 Å². The van der Waals surface area contributed by atoms with Gasteiger partial charge in [0.15, 0.2) is 6.29 Å². The molecule has 0 aliphatic rings. The summed E-state index contributed by atoms with van der Waals surface area (Å²) in [5.41, 5.74) is 1.78. The number of carbonyl (C=O) groups is 1. The molecule has 0 atom stereocenters. The van der Waals surface area contributed by atoms with Crippen molar-refractivity contribution >= 4 is 40.4 Å². The first-order chi connectivity index (χ1) is 10.1. The zero-order chi connectivity index (χ0) is 15.0. The molecule has 0 unspecified atom stereocenters. The lowest BCUT2D eigenvalue weighted by atomic mass is 10.2. The highest BCUT2D eigenvalue weighted by molar-refractivity contribution is 6.31. The van der Waals surface area contributed by atoms with Crippen LogP contribution in [0.15, 0.2) is 42.6 Å². The molecular formula is C16H10Cl2FNO. The molecule has 0 spiro atoms. The summed E-state index contributed by atoms with van der Waals surface area (Å²) in [6.07, 6.45) is 2.47. The van der Waals surface area contributed by atoms with Crippen LogP contribution in [0.5, 0.6) is 0 Å². The van der Waals surface area contributed by atoms with E-state index >= 15 is 0 Å². The SMILES string of the molecule is O=Cc1cn(Cc2cccc(Cl)c2F)c2cc(Cl)ccc12. The minimum absolute atomic E-state index is 0.0811. The molecule has 3 rings (SSSR count). The summed E-state index contributed by atoms with van der Waals surface area (Å²) in [5, 5.41) is 1.43. The van der Waals surface area contributed by atoms with Gasteiger partial charge in [-0.2, -0.15) is 0 Å². The van der Waals surface area contributed by atoms with Crippen molar-refractivity contribution in [3.8, 4) is 0 Å². The van der Waals surface area contributed by atoms with Crippen LogP contribution in [0.2, 0.25) is 10.0 Å². The average molecular weight is 322 g/mol. The van der Waals surface area contributed by atoms with E-state index in [1.54, 1.807) is 41.1 Å². The third-order valence-electron chi connectivity index (χ3n) is 3.37. The molecule has 0 amide bonds. The Balaban J connectivity index is 2.14. The third-order valence-corrected chi connectivity index (χ3v) is 3.90. The molecule has 0 bridgehead atoms. The maximum Gasteiger partial charge on any atom is 0.152 e. The van der Waals surface area contributed by atoms with Gasteiger partial charge in [-0.05, 0) is 18.2 Å². The van der Waals surface area contributed by atoms with Crippen molar-refractivity contribution in [2.75, 3.05) is 0 Å². The fourth-order valence-electron chi connectivity index (χ4n) is 2.37. The second kappa shape index (κ2) is 5.51. The molecular weight excluding hydrogens is 312 g/mol. The summed E-state index contributed by atoms with van der Waals surface area (Å²) in [5.74, 6) is -0.448. The third kappa shape index (κ3) is 2.55. The fraction of sp³-hybridized carbons (Fsp3) is 0.0625. The van der Waals surface area contributed by atoms with E-state index in [4.69, 9.17) is 23.2 Å². The molecule has 0 aliphatic carbocycles. The minimum Gasteiger partial charge on any atom is -0.342 e. The number of hydrogen-bond acceptors (Lipinski definition) is 1. The second-order valence-electron chi connectivity index (χ2n) is 4.70. The normalized spacial score (nSPS) is 11.0. The highest BCUT2D eigenvalue weighted by Crippen LogP contribution is 2.26. The highest BCUT2D eigenvalue weighted by Gasteiger charge is 2.12. The van der Waals surface area contributed by atoms with E-state index in [0.717, 1.165) is 17.2 Å². The monoisotopic (exact) mass is 321 g/mol. The van der Waals surface area contributed by atoms with E-state index in [0.29, 0.717) is 16.1 Å². The molecule has 1 heterocycles. The maximum absolute atomic E-state index is 14.0. The van der Waals surface area contributed by atoms with E-state index in [1.807, 2.05) is 0 Å². The number of nitrogens with zero attached hydrogens (tertiary/aromatic N) is 1. The van der Waals surface area contributed by atoms with Crippen LogP contribution in [0.3, 0.4) is 0 Å². The van der Waals surface area contributed by atoms with Gasteiger partial charge in [-0.3, -0.25) is 4.79 Å². The van der Waals surface area contributed by atoms with E-state index in [1.165, 1.54) is 6.07 Å². The lowest BCUT2D eigenvalue weighted by Crippen LogP contribution is -2.01. The number of hydrogen-bond donors (Lipinski definition) is 0. The number of fused-ring (bicyclic) bond motifs is 1. The number of benzene rings is 2. The van der Waals surface area contributed by atoms with E-state index in [-0.39, 0.29) is 11.6 Å². The fourth-order valence-corrected chi connectivity index (χ4v) is 2.73. The van der Waals surface area contributed by atoms with Gasteiger partial charge in [-0.25, -0.2) is 4.39 Å². The summed E-state index contributed by atoms with van der Waals surface area (Å²) in [4.78, 5) is 11.2. The summed E-state index contributed by atoms with van der Waals surface area (Å²) < 4.78 is 15.8. The molecule has 106 valence electrons. The van der Waals surface area contributed by atoms with Crippen molar-refractivity contribution in [1.29, 1.82) is 0 Å². The Morgan fingerprint density at radius 2 is 2.00 bits per heavy atom. The summed E-state index contributed by atoms with van der Waals surface area (Å²) in [6.45, 7) is 0.275. The van der Waals surface area contributed by atoms with Crippen molar-refractivity contribution in [2.24, 2.45) is 0 Å². The average Bonchev–Trinajstić information content (AvgIpc) is 2.81. The van der Waals surface area contributed by atoms with Crippen molar-refractivity contribution in [1.82, 2.24) is 4.57 Å². The lowest BCUT2D eigenvalue weighted by molar-refractivity contribution is 0.112. The summed E-state index contributed by atoms with van der Waals surface area (Å²) in [7, 11) is 0. The van der Waals surface area contributed by atoms with Crippen LogP contribution in [-0.2, 0) is 6.54 Å². The predicted molar refractivity (Wildman–Crippen MR) is 82.8 cm³/mol. The number of halogens is 3. The van der Waals surface area contributed by atoms with Gasteiger partial charge >= 0.3 is 0 Å². The molecule has 1 aromatic heterocycles. The van der Waals surface area contributed by atoms with Crippen molar-refractivity contribution < 1.29 is 9.18 Å². The van der Waals surface area contributed by atoms with Gasteiger partial charge in [0.25, 0.3) is 0 Å². The van der Waals surface area contributed by atoms with Gasteiger partial charge in [-0.1, -0.05) is 41.4 Å². The van der Waals surface area contributed by atoms with E-state index in [2.05, 4.69) is 0 Å². The Morgan fingerprint density at radius 3 is 2.76 bits per heavy atom. The van der Waals surface area contributed by atoms with Crippen LogP contribution < -0.4 is 0 Å². The first-order valence-electron chi connectivity index (χ1n) is 6.26. The zero-order valence-corrected chi connectivity index (χ0v) is 12.3. The Hall–Kier alpha value is -1.84. The lowest BCUT2D eigenvalue weighted by Gasteiger charge is -2.08. The van der Waals surface area contributed by atoms with Gasteiger partial charge < -0.3 is 4.57 Å².